The molecule has 0 bridgehead atoms. The van der Waals surface area contributed by atoms with Crippen LogP contribution in [0.4, 0.5) is 4.39 Å². The number of hydrogen-bond acceptors (Lipinski definition) is 5. The van der Waals surface area contributed by atoms with Gasteiger partial charge < -0.3 is 15.8 Å². The fourth-order valence-corrected chi connectivity index (χ4v) is 4.90. The van der Waals surface area contributed by atoms with Gasteiger partial charge in [-0.2, -0.15) is 0 Å². The van der Waals surface area contributed by atoms with Crippen molar-refractivity contribution in [2.24, 2.45) is 22.6 Å². The summed E-state index contributed by atoms with van der Waals surface area (Å²) in [5, 5.41) is 3.09. The molecule has 0 aromatic heterocycles. The van der Waals surface area contributed by atoms with Gasteiger partial charge in [-0.05, 0) is 53.0 Å². The molecule has 0 radical (unpaired) electrons. The Hall–Kier alpha value is -2.64. The maximum atomic E-state index is 14.3. The number of hydrogen-bond donors (Lipinski definition) is 2. The number of carbonyl (C=O) groups excluding carboxylic acids is 2. The quantitative estimate of drug-likeness (QED) is 0.768. The lowest BCUT2D eigenvalue weighted by Crippen LogP contribution is -2.54. The molecular weight excluding hydrogens is 399 g/mol. The number of carbonyl (C=O) groups is 2. The van der Waals surface area contributed by atoms with Crippen molar-refractivity contribution in [3.8, 4) is 5.75 Å². The van der Waals surface area contributed by atoms with Crippen molar-refractivity contribution in [1.82, 2.24) is 10.2 Å². The van der Waals surface area contributed by atoms with E-state index in [0.717, 1.165) is 0 Å². The van der Waals surface area contributed by atoms with E-state index in [1.54, 1.807) is 12.1 Å². The van der Waals surface area contributed by atoms with Crippen LogP contribution in [0.25, 0.3) is 0 Å². The van der Waals surface area contributed by atoms with Crippen LogP contribution in [0.5, 0.6) is 5.75 Å². The SMILES string of the molecule is C[C@H]([C@H]1CC1C(=O)NC1CC(C)(C)Oc2c(F)cccc21)N1C(=O)CC(C)(C)N=C1N. The van der Waals surface area contributed by atoms with E-state index in [1.165, 1.54) is 11.0 Å². The first-order chi connectivity index (χ1) is 14.4. The van der Waals surface area contributed by atoms with E-state index in [4.69, 9.17) is 10.5 Å². The Kier molecular flexibility index (Phi) is 5.02. The Morgan fingerprint density at radius 1 is 1.35 bits per heavy atom. The Bertz CT molecular complexity index is 958. The molecule has 7 nitrogen and oxygen atoms in total. The number of amides is 2. The van der Waals surface area contributed by atoms with Gasteiger partial charge in [0.05, 0.1) is 18.0 Å². The first-order valence-electron chi connectivity index (χ1n) is 10.8. The minimum atomic E-state index is -0.596. The Morgan fingerprint density at radius 2 is 2.06 bits per heavy atom. The maximum Gasteiger partial charge on any atom is 0.231 e. The molecule has 168 valence electrons. The third-order valence-electron chi connectivity index (χ3n) is 6.48. The third kappa shape index (κ3) is 4.12. The van der Waals surface area contributed by atoms with Gasteiger partial charge in [0.2, 0.25) is 11.8 Å². The van der Waals surface area contributed by atoms with Crippen molar-refractivity contribution >= 4 is 17.8 Å². The molecule has 2 aliphatic heterocycles. The normalized spacial score (nSPS) is 29.4. The monoisotopic (exact) mass is 430 g/mol. The number of ether oxygens (including phenoxy) is 1. The molecule has 3 aliphatic rings. The van der Waals surface area contributed by atoms with E-state index in [0.29, 0.717) is 24.8 Å². The number of nitrogens with two attached hydrogens (primary N) is 1. The molecule has 1 aliphatic carbocycles. The number of benzene rings is 1. The summed E-state index contributed by atoms with van der Waals surface area (Å²) in [7, 11) is 0. The van der Waals surface area contributed by atoms with Gasteiger partial charge in [0.15, 0.2) is 17.5 Å². The summed E-state index contributed by atoms with van der Waals surface area (Å²) in [4.78, 5) is 31.6. The number of nitrogens with one attached hydrogen (secondary N) is 1. The maximum absolute atomic E-state index is 14.3. The van der Waals surface area contributed by atoms with Crippen LogP contribution in [-0.2, 0) is 9.59 Å². The van der Waals surface area contributed by atoms with Crippen LogP contribution < -0.4 is 15.8 Å². The molecule has 4 rings (SSSR count). The van der Waals surface area contributed by atoms with Gasteiger partial charge in [-0.1, -0.05) is 12.1 Å². The number of fused-ring (bicyclic) bond motifs is 1. The summed E-state index contributed by atoms with van der Waals surface area (Å²) in [6.45, 7) is 9.44. The first kappa shape index (κ1) is 21.6. The van der Waals surface area contributed by atoms with E-state index in [9.17, 15) is 14.0 Å². The van der Waals surface area contributed by atoms with E-state index >= 15 is 0 Å². The predicted octanol–water partition coefficient (Wildman–Crippen LogP) is 2.89. The summed E-state index contributed by atoms with van der Waals surface area (Å²) in [5.74, 6) is -0.358. The van der Waals surface area contributed by atoms with Crippen molar-refractivity contribution in [2.45, 2.75) is 77.1 Å². The van der Waals surface area contributed by atoms with Gasteiger partial charge in [-0.25, -0.2) is 9.38 Å². The van der Waals surface area contributed by atoms with Gasteiger partial charge in [0.25, 0.3) is 0 Å². The first-order valence-corrected chi connectivity index (χ1v) is 10.8. The molecule has 3 N–H and O–H groups in total. The standard InChI is InChI=1S/C23H31FN4O3/c1-12(28-18(29)11-22(2,3)27-21(28)25)14-9-15(14)20(30)26-17-10-23(4,5)31-19-13(17)7-6-8-16(19)24/h6-8,12,14-15,17H,9-11H2,1-5H3,(H2,25,27)(H,26,30)/t12-,14-,15?,17?/m1/s1. The van der Waals surface area contributed by atoms with Gasteiger partial charge in [0.1, 0.15) is 5.60 Å². The topological polar surface area (TPSA) is 97.0 Å². The number of halogens is 1. The Labute approximate surface area is 182 Å². The number of para-hydroxylation sites is 1. The second-order valence-electron chi connectivity index (χ2n) is 10.3. The highest BCUT2D eigenvalue weighted by atomic mass is 19.1. The van der Waals surface area contributed by atoms with Crippen LogP contribution in [0.1, 0.15) is 65.5 Å². The molecular formula is C23H31FN4O3. The number of aliphatic imine (C=N–C) groups is 1. The molecule has 0 saturated heterocycles. The lowest BCUT2D eigenvalue weighted by atomic mass is 9.89. The van der Waals surface area contributed by atoms with E-state index < -0.39 is 17.0 Å². The number of rotatable bonds is 4. The number of nitrogens with zero attached hydrogens (tertiary/aromatic N) is 2. The fraction of sp³-hybridized carbons (Fsp3) is 0.609. The zero-order chi connectivity index (χ0) is 22.7. The molecule has 1 saturated carbocycles. The molecule has 0 spiro atoms. The van der Waals surface area contributed by atoms with E-state index in [-0.39, 0.29) is 47.4 Å². The molecule has 2 amide bonds. The van der Waals surface area contributed by atoms with Crippen molar-refractivity contribution in [3.05, 3.63) is 29.6 Å². The summed E-state index contributed by atoms with van der Waals surface area (Å²) in [5.41, 5.74) is 5.64. The molecule has 8 heteroatoms. The smallest absolute Gasteiger partial charge is 0.231 e. The predicted molar refractivity (Wildman–Crippen MR) is 115 cm³/mol. The van der Waals surface area contributed by atoms with Gasteiger partial charge >= 0.3 is 0 Å². The Balaban J connectivity index is 1.46. The average Bonchev–Trinajstić information content (AvgIpc) is 3.41. The van der Waals surface area contributed by atoms with Gasteiger partial charge in [-0.3, -0.25) is 14.5 Å². The van der Waals surface area contributed by atoms with E-state index in [1.807, 2.05) is 34.6 Å². The summed E-state index contributed by atoms with van der Waals surface area (Å²) < 4.78 is 20.1. The molecule has 2 unspecified atom stereocenters. The molecule has 1 aromatic rings. The highest BCUT2D eigenvalue weighted by Crippen LogP contribution is 2.46. The highest BCUT2D eigenvalue weighted by Gasteiger charge is 2.51. The van der Waals surface area contributed by atoms with Crippen molar-refractivity contribution in [3.63, 3.8) is 0 Å². The van der Waals surface area contributed by atoms with Crippen LogP contribution in [0.2, 0.25) is 0 Å². The van der Waals surface area contributed by atoms with Crippen LogP contribution in [0.3, 0.4) is 0 Å². The van der Waals surface area contributed by atoms with Crippen molar-refractivity contribution < 1.29 is 18.7 Å². The van der Waals surface area contributed by atoms with Crippen molar-refractivity contribution in [2.75, 3.05) is 0 Å². The molecule has 4 atom stereocenters. The number of guanidine groups is 1. The van der Waals surface area contributed by atoms with Gasteiger partial charge in [0, 0.05) is 23.9 Å². The van der Waals surface area contributed by atoms with Crippen LogP contribution in [-0.4, -0.2) is 39.9 Å². The zero-order valence-electron chi connectivity index (χ0n) is 18.7. The minimum Gasteiger partial charge on any atom is -0.484 e. The second-order valence-corrected chi connectivity index (χ2v) is 10.3. The average molecular weight is 431 g/mol. The largest absolute Gasteiger partial charge is 0.484 e. The zero-order valence-corrected chi connectivity index (χ0v) is 18.7. The summed E-state index contributed by atoms with van der Waals surface area (Å²) in [6, 6.07) is 4.24. The Morgan fingerprint density at radius 3 is 2.74 bits per heavy atom. The molecule has 31 heavy (non-hydrogen) atoms. The summed E-state index contributed by atoms with van der Waals surface area (Å²) >= 11 is 0. The second kappa shape index (κ2) is 7.21. The minimum absolute atomic E-state index is 0.0127. The van der Waals surface area contributed by atoms with Crippen LogP contribution in [0.15, 0.2) is 23.2 Å². The summed E-state index contributed by atoms with van der Waals surface area (Å²) in [6.07, 6.45) is 1.51. The lowest BCUT2D eigenvalue weighted by molar-refractivity contribution is -0.132. The molecule has 1 aromatic carbocycles. The van der Waals surface area contributed by atoms with Crippen molar-refractivity contribution in [1.29, 1.82) is 0 Å². The lowest BCUT2D eigenvalue weighted by Gasteiger charge is -2.38. The van der Waals surface area contributed by atoms with Crippen LogP contribution >= 0.6 is 0 Å². The highest BCUT2D eigenvalue weighted by molar-refractivity contribution is 5.99. The van der Waals surface area contributed by atoms with Crippen LogP contribution in [0, 0.1) is 17.7 Å². The molecule has 1 fully saturated rings. The molecule has 2 heterocycles. The van der Waals surface area contributed by atoms with Gasteiger partial charge in [-0.15, -0.1) is 0 Å². The third-order valence-corrected chi connectivity index (χ3v) is 6.48. The fourth-order valence-electron chi connectivity index (χ4n) is 4.90. The van der Waals surface area contributed by atoms with E-state index in [2.05, 4.69) is 10.3 Å².